The second-order valence-corrected chi connectivity index (χ2v) is 7.58. The maximum Gasteiger partial charge on any atom is 0.240 e. The van der Waals surface area contributed by atoms with Crippen molar-refractivity contribution in [3.8, 4) is 0 Å². The van der Waals surface area contributed by atoms with E-state index in [0.29, 0.717) is 17.9 Å². The molecular formula is C18H23N3O2. The maximum atomic E-state index is 6.07. The first kappa shape index (κ1) is 13.8. The van der Waals surface area contributed by atoms with E-state index < -0.39 is 0 Å². The van der Waals surface area contributed by atoms with Gasteiger partial charge in [0, 0.05) is 17.9 Å². The molecule has 0 aromatic carbocycles. The summed E-state index contributed by atoms with van der Waals surface area (Å²) in [5.74, 6) is 5.86. The van der Waals surface area contributed by atoms with E-state index in [9.17, 15) is 0 Å². The fraction of sp³-hybridized carbons (Fsp3) is 0.667. The summed E-state index contributed by atoms with van der Waals surface area (Å²) in [7, 11) is 0. The van der Waals surface area contributed by atoms with Crippen molar-refractivity contribution >= 4 is 0 Å². The van der Waals surface area contributed by atoms with Crippen molar-refractivity contribution in [1.29, 1.82) is 0 Å². The van der Waals surface area contributed by atoms with E-state index in [4.69, 9.17) is 8.94 Å². The zero-order valence-corrected chi connectivity index (χ0v) is 13.6. The summed E-state index contributed by atoms with van der Waals surface area (Å²) >= 11 is 0. The molecule has 2 aromatic rings. The second kappa shape index (κ2) is 5.20. The van der Waals surface area contributed by atoms with Crippen LogP contribution < -0.4 is 0 Å². The fourth-order valence-corrected chi connectivity index (χ4v) is 3.36. The minimum absolute atomic E-state index is 0.551. The van der Waals surface area contributed by atoms with Crippen molar-refractivity contribution in [2.75, 3.05) is 0 Å². The van der Waals surface area contributed by atoms with Crippen LogP contribution in [0.15, 0.2) is 21.1 Å². The Hall–Kier alpha value is -1.62. The van der Waals surface area contributed by atoms with Crippen molar-refractivity contribution < 1.29 is 8.94 Å². The van der Waals surface area contributed by atoms with Crippen LogP contribution in [0.2, 0.25) is 0 Å². The molecule has 3 aliphatic carbocycles. The molecule has 3 aliphatic rings. The summed E-state index contributed by atoms with van der Waals surface area (Å²) in [5, 5.41) is 4.13. The molecule has 0 amide bonds. The van der Waals surface area contributed by atoms with Crippen LogP contribution >= 0.6 is 0 Å². The molecule has 0 saturated heterocycles. The van der Waals surface area contributed by atoms with Gasteiger partial charge in [0.05, 0.1) is 13.1 Å². The smallest absolute Gasteiger partial charge is 0.240 e. The number of hydrogen-bond donors (Lipinski definition) is 0. The molecule has 2 heterocycles. The molecule has 0 aliphatic heterocycles. The van der Waals surface area contributed by atoms with Crippen LogP contribution in [0.3, 0.4) is 0 Å². The van der Waals surface area contributed by atoms with Crippen LogP contribution in [0.4, 0.5) is 0 Å². The summed E-state index contributed by atoms with van der Waals surface area (Å²) in [5.41, 5.74) is 0. The Morgan fingerprint density at radius 1 is 1.17 bits per heavy atom. The first-order valence-electron chi connectivity index (χ1n) is 8.91. The van der Waals surface area contributed by atoms with Crippen molar-refractivity contribution in [3.63, 3.8) is 0 Å². The zero-order chi connectivity index (χ0) is 15.4. The molecule has 122 valence electrons. The third-order valence-corrected chi connectivity index (χ3v) is 5.34. The molecule has 5 nitrogen and oxygen atoms in total. The molecule has 0 radical (unpaired) electrons. The van der Waals surface area contributed by atoms with Gasteiger partial charge < -0.3 is 8.94 Å². The Balaban J connectivity index is 1.26. The number of furan rings is 1. The van der Waals surface area contributed by atoms with Gasteiger partial charge in [0.2, 0.25) is 5.89 Å². The number of hydrogen-bond acceptors (Lipinski definition) is 5. The van der Waals surface area contributed by atoms with E-state index in [0.717, 1.165) is 42.2 Å². The molecule has 0 N–H and O–H groups in total. The SMILES string of the molecule is C[C@H]1C[C@H]1c1ccc(CN(Cc2nc(C3CC3)no2)C2CC2)o1. The van der Waals surface area contributed by atoms with E-state index in [1.807, 2.05) is 0 Å². The molecule has 2 atom stereocenters. The largest absolute Gasteiger partial charge is 0.464 e. The summed E-state index contributed by atoms with van der Waals surface area (Å²) in [4.78, 5) is 6.99. The van der Waals surface area contributed by atoms with Crippen LogP contribution in [0.25, 0.3) is 0 Å². The van der Waals surface area contributed by atoms with Crippen molar-refractivity contribution in [2.45, 2.75) is 70.0 Å². The Kier molecular flexibility index (Phi) is 3.11. The lowest BCUT2D eigenvalue weighted by Crippen LogP contribution is -2.25. The fourth-order valence-electron chi connectivity index (χ4n) is 3.36. The molecule has 23 heavy (non-hydrogen) atoms. The number of aromatic nitrogens is 2. The van der Waals surface area contributed by atoms with Crippen LogP contribution in [-0.2, 0) is 13.1 Å². The summed E-state index contributed by atoms with van der Waals surface area (Å²) in [6.07, 6.45) is 6.21. The van der Waals surface area contributed by atoms with Gasteiger partial charge in [-0.2, -0.15) is 4.98 Å². The maximum absolute atomic E-state index is 6.07. The quantitative estimate of drug-likeness (QED) is 0.777. The Labute approximate surface area is 136 Å². The zero-order valence-electron chi connectivity index (χ0n) is 13.6. The van der Waals surface area contributed by atoms with Gasteiger partial charge in [-0.1, -0.05) is 12.1 Å². The third-order valence-electron chi connectivity index (χ3n) is 5.34. The van der Waals surface area contributed by atoms with E-state index in [2.05, 4.69) is 34.1 Å². The average Bonchev–Trinajstić information content (AvgIpc) is 3.47. The molecule has 3 fully saturated rings. The van der Waals surface area contributed by atoms with Crippen LogP contribution in [0, 0.1) is 5.92 Å². The molecule has 0 spiro atoms. The Bertz CT molecular complexity index is 699. The van der Waals surface area contributed by atoms with Gasteiger partial charge in [0.1, 0.15) is 11.5 Å². The lowest BCUT2D eigenvalue weighted by molar-refractivity contribution is 0.194. The predicted octanol–water partition coefficient (Wildman–Crippen LogP) is 3.83. The topological polar surface area (TPSA) is 55.3 Å². The highest BCUT2D eigenvalue weighted by molar-refractivity contribution is 5.18. The van der Waals surface area contributed by atoms with Gasteiger partial charge in [-0.05, 0) is 50.2 Å². The first-order chi connectivity index (χ1) is 11.3. The van der Waals surface area contributed by atoms with E-state index in [1.165, 1.54) is 32.1 Å². The number of nitrogens with zero attached hydrogens (tertiary/aromatic N) is 3. The summed E-state index contributed by atoms with van der Waals surface area (Å²) in [6.45, 7) is 3.86. The average molecular weight is 313 g/mol. The van der Waals surface area contributed by atoms with Crippen LogP contribution in [-0.4, -0.2) is 21.1 Å². The minimum atomic E-state index is 0.551. The van der Waals surface area contributed by atoms with Crippen LogP contribution in [0.5, 0.6) is 0 Å². The second-order valence-electron chi connectivity index (χ2n) is 7.58. The van der Waals surface area contributed by atoms with Gasteiger partial charge in [0.25, 0.3) is 0 Å². The highest BCUT2D eigenvalue weighted by Gasteiger charge is 2.37. The first-order valence-corrected chi connectivity index (χ1v) is 8.91. The monoisotopic (exact) mass is 313 g/mol. The van der Waals surface area contributed by atoms with Crippen LogP contribution in [0.1, 0.15) is 74.1 Å². The molecular weight excluding hydrogens is 290 g/mol. The van der Waals surface area contributed by atoms with Gasteiger partial charge in [-0.15, -0.1) is 0 Å². The molecule has 0 unspecified atom stereocenters. The number of rotatable bonds is 7. The minimum Gasteiger partial charge on any atom is -0.464 e. The molecule has 0 bridgehead atoms. The van der Waals surface area contributed by atoms with Gasteiger partial charge in [-0.3, -0.25) is 4.90 Å². The van der Waals surface area contributed by atoms with E-state index >= 15 is 0 Å². The Morgan fingerprint density at radius 3 is 2.70 bits per heavy atom. The van der Waals surface area contributed by atoms with Gasteiger partial charge in [-0.25, -0.2) is 0 Å². The third kappa shape index (κ3) is 2.94. The molecule has 3 saturated carbocycles. The lowest BCUT2D eigenvalue weighted by atomic mass is 10.3. The van der Waals surface area contributed by atoms with Gasteiger partial charge >= 0.3 is 0 Å². The van der Waals surface area contributed by atoms with Crippen molar-refractivity contribution in [3.05, 3.63) is 35.4 Å². The molecule has 5 heteroatoms. The highest BCUT2D eigenvalue weighted by atomic mass is 16.5. The highest BCUT2D eigenvalue weighted by Crippen LogP contribution is 2.47. The summed E-state index contributed by atoms with van der Waals surface area (Å²) < 4.78 is 11.5. The lowest BCUT2D eigenvalue weighted by Gasteiger charge is -2.18. The van der Waals surface area contributed by atoms with Crippen molar-refractivity contribution in [1.82, 2.24) is 15.0 Å². The van der Waals surface area contributed by atoms with Gasteiger partial charge in [0.15, 0.2) is 5.82 Å². The van der Waals surface area contributed by atoms with E-state index in [-0.39, 0.29) is 0 Å². The summed E-state index contributed by atoms with van der Waals surface area (Å²) in [6, 6.07) is 4.94. The molecule has 2 aromatic heterocycles. The van der Waals surface area contributed by atoms with Crippen molar-refractivity contribution in [2.24, 2.45) is 5.92 Å². The van der Waals surface area contributed by atoms with E-state index in [1.54, 1.807) is 0 Å². The predicted molar refractivity (Wildman–Crippen MR) is 83.8 cm³/mol. The standard InChI is InChI=1S/C18H23N3O2/c1-11-8-15(11)16-7-6-14(22-16)9-21(13-4-5-13)10-17-19-18(20-23-17)12-2-3-12/h6-7,11-13,15H,2-5,8-10H2,1H3/t11-,15+/m0/s1. The normalized spacial score (nSPS) is 26.9. The molecule has 5 rings (SSSR count). The Morgan fingerprint density at radius 2 is 2.00 bits per heavy atom.